The van der Waals surface area contributed by atoms with Crippen molar-refractivity contribution in [3.8, 4) is 0 Å². The van der Waals surface area contributed by atoms with Crippen molar-refractivity contribution in [1.82, 2.24) is 0 Å². The first kappa shape index (κ1) is 22.1. The lowest BCUT2D eigenvalue weighted by molar-refractivity contribution is -0.170. The molecule has 2 rings (SSSR count). The van der Waals surface area contributed by atoms with Crippen LogP contribution in [0.2, 0.25) is 0 Å². The number of hydrogen-bond donors (Lipinski definition) is 0. The van der Waals surface area contributed by atoms with E-state index < -0.39 is 28.2 Å². The maximum atomic E-state index is 14.5. The molecule has 0 aromatic heterocycles. The van der Waals surface area contributed by atoms with Crippen molar-refractivity contribution in [1.29, 1.82) is 0 Å². The van der Waals surface area contributed by atoms with Crippen LogP contribution in [0.5, 0.6) is 0 Å². The fourth-order valence-corrected chi connectivity index (χ4v) is 3.52. The number of carbonyl (C=O) groups is 1. The van der Waals surface area contributed by atoms with Crippen molar-refractivity contribution in [3.05, 3.63) is 71.3 Å². The van der Waals surface area contributed by atoms with E-state index in [0.29, 0.717) is 24.0 Å². The van der Waals surface area contributed by atoms with Crippen molar-refractivity contribution >= 4 is 5.97 Å². The molecular weight excluding hydrogens is 358 g/mol. The molecule has 2 aromatic carbocycles. The van der Waals surface area contributed by atoms with Gasteiger partial charge in [-0.25, -0.2) is 8.78 Å². The molecule has 0 fully saturated rings. The lowest BCUT2D eigenvalue weighted by atomic mass is 9.71. The molecule has 1 atom stereocenters. The van der Waals surface area contributed by atoms with Crippen molar-refractivity contribution < 1.29 is 18.3 Å². The normalized spacial score (nSPS) is 14.4. The number of hydrogen-bond acceptors (Lipinski definition) is 2. The second-order valence-electron chi connectivity index (χ2n) is 8.57. The third-order valence-electron chi connectivity index (χ3n) is 6.07. The Morgan fingerprint density at radius 1 is 0.857 bits per heavy atom. The molecule has 2 aromatic rings. The summed E-state index contributed by atoms with van der Waals surface area (Å²) in [5, 5.41) is 0. The zero-order valence-electron chi connectivity index (χ0n) is 17.6. The number of benzene rings is 2. The van der Waals surface area contributed by atoms with E-state index in [1.165, 1.54) is 12.1 Å². The topological polar surface area (TPSA) is 26.3 Å². The van der Waals surface area contributed by atoms with Crippen LogP contribution in [0.3, 0.4) is 0 Å². The van der Waals surface area contributed by atoms with Gasteiger partial charge in [0, 0.05) is 11.0 Å². The van der Waals surface area contributed by atoms with Crippen LogP contribution in [0.4, 0.5) is 8.78 Å². The Bertz CT molecular complexity index is 842. The molecule has 0 radical (unpaired) electrons. The zero-order valence-corrected chi connectivity index (χ0v) is 17.6. The smallest absolute Gasteiger partial charge is 0.316 e. The lowest BCUT2D eigenvalue weighted by Crippen LogP contribution is -2.50. The molecule has 4 heteroatoms. The number of halogens is 2. The molecule has 0 N–H and O–H groups in total. The van der Waals surface area contributed by atoms with E-state index in [1.54, 1.807) is 57.2 Å². The van der Waals surface area contributed by atoms with Crippen LogP contribution in [0.15, 0.2) is 48.5 Å². The van der Waals surface area contributed by atoms with Crippen molar-refractivity contribution in [3.63, 3.8) is 0 Å². The van der Waals surface area contributed by atoms with E-state index in [2.05, 4.69) is 0 Å². The minimum Gasteiger partial charge on any atom is -0.458 e. The van der Waals surface area contributed by atoms with Gasteiger partial charge in [0.2, 0.25) is 0 Å². The van der Waals surface area contributed by atoms with Gasteiger partial charge < -0.3 is 4.74 Å². The molecular formula is C24H30F2O2. The molecule has 0 aliphatic rings. The van der Waals surface area contributed by atoms with Crippen LogP contribution in [-0.2, 0) is 20.4 Å². The fraction of sp³-hybridized carbons (Fsp3) is 0.458. The van der Waals surface area contributed by atoms with Gasteiger partial charge in [-0.1, -0.05) is 63.6 Å². The van der Waals surface area contributed by atoms with E-state index in [0.717, 1.165) is 0 Å². The molecule has 0 spiro atoms. The highest BCUT2D eigenvalue weighted by Gasteiger charge is 2.47. The molecule has 0 bridgehead atoms. The molecule has 0 heterocycles. The summed E-state index contributed by atoms with van der Waals surface area (Å²) in [5.74, 6) is -1.28. The molecule has 0 saturated carbocycles. The molecule has 152 valence electrons. The number of esters is 1. The molecule has 0 saturated heterocycles. The van der Waals surface area contributed by atoms with Gasteiger partial charge in [-0.05, 0) is 44.9 Å². The Labute approximate surface area is 166 Å². The van der Waals surface area contributed by atoms with Crippen molar-refractivity contribution in [2.24, 2.45) is 0 Å². The number of ether oxygens (including phenoxy) is 1. The van der Waals surface area contributed by atoms with Crippen LogP contribution in [0, 0.1) is 11.6 Å². The molecule has 28 heavy (non-hydrogen) atoms. The van der Waals surface area contributed by atoms with Crippen LogP contribution in [0.1, 0.15) is 65.5 Å². The van der Waals surface area contributed by atoms with Gasteiger partial charge >= 0.3 is 5.97 Å². The first-order valence-corrected chi connectivity index (χ1v) is 9.71. The van der Waals surface area contributed by atoms with Gasteiger partial charge in [-0.15, -0.1) is 0 Å². The molecule has 0 amide bonds. The minimum absolute atomic E-state index is 0.321. The van der Waals surface area contributed by atoms with Gasteiger partial charge in [0.05, 0.1) is 5.41 Å². The Kier molecular flexibility index (Phi) is 6.32. The highest BCUT2D eigenvalue weighted by molar-refractivity contribution is 5.83. The molecule has 1 unspecified atom stereocenters. The van der Waals surface area contributed by atoms with E-state index >= 15 is 0 Å². The summed E-state index contributed by atoms with van der Waals surface area (Å²) in [4.78, 5) is 13.3. The Hall–Kier alpha value is -2.23. The summed E-state index contributed by atoms with van der Waals surface area (Å²) in [5.41, 5.74) is -2.15. The summed E-state index contributed by atoms with van der Waals surface area (Å²) in [6.45, 7) is 10.9. The van der Waals surface area contributed by atoms with Crippen molar-refractivity contribution in [2.75, 3.05) is 0 Å². The quantitative estimate of drug-likeness (QED) is 0.519. The lowest BCUT2D eigenvalue weighted by Gasteiger charge is -2.43. The van der Waals surface area contributed by atoms with Crippen LogP contribution in [-0.4, -0.2) is 11.6 Å². The summed E-state index contributed by atoms with van der Waals surface area (Å²) in [6, 6.07) is 12.8. The molecule has 0 aliphatic heterocycles. The van der Waals surface area contributed by atoms with Gasteiger partial charge in [0.1, 0.15) is 17.2 Å². The highest BCUT2D eigenvalue weighted by Crippen LogP contribution is 2.41. The van der Waals surface area contributed by atoms with Crippen LogP contribution >= 0.6 is 0 Å². The molecule has 2 nitrogen and oxygen atoms in total. The number of carbonyl (C=O) groups excluding carboxylic acids is 1. The second kappa shape index (κ2) is 8.02. The van der Waals surface area contributed by atoms with Gasteiger partial charge in [-0.2, -0.15) is 0 Å². The number of rotatable bonds is 7. The fourth-order valence-electron chi connectivity index (χ4n) is 3.52. The standard InChI is InChI=1S/C24H30F2O2/c1-7-16-24(6,18-13-9-11-15-20(18)26)21(27)28-23(4,5)22(2,3)17-12-8-10-14-19(17)25/h8-15H,7,16H2,1-6H3. The van der Waals surface area contributed by atoms with Crippen molar-refractivity contribution in [2.45, 2.75) is 70.8 Å². The van der Waals surface area contributed by atoms with Gasteiger partial charge in [0.25, 0.3) is 0 Å². The van der Waals surface area contributed by atoms with E-state index in [1.807, 2.05) is 20.8 Å². The third-order valence-corrected chi connectivity index (χ3v) is 6.07. The Morgan fingerprint density at radius 2 is 1.32 bits per heavy atom. The second-order valence-corrected chi connectivity index (χ2v) is 8.57. The van der Waals surface area contributed by atoms with E-state index in [9.17, 15) is 13.6 Å². The minimum atomic E-state index is -1.12. The van der Waals surface area contributed by atoms with Crippen LogP contribution in [0.25, 0.3) is 0 Å². The first-order chi connectivity index (χ1) is 13.0. The van der Waals surface area contributed by atoms with Gasteiger partial charge in [0.15, 0.2) is 0 Å². The SMILES string of the molecule is CCCC(C)(C(=O)OC(C)(C)C(C)(C)c1ccccc1F)c1ccccc1F. The highest BCUT2D eigenvalue weighted by atomic mass is 19.1. The summed E-state index contributed by atoms with van der Waals surface area (Å²) in [7, 11) is 0. The van der Waals surface area contributed by atoms with E-state index in [-0.39, 0.29) is 5.82 Å². The zero-order chi connectivity index (χ0) is 21.2. The Balaban J connectivity index is 2.42. The summed E-state index contributed by atoms with van der Waals surface area (Å²) < 4.78 is 34.9. The summed E-state index contributed by atoms with van der Waals surface area (Å²) >= 11 is 0. The van der Waals surface area contributed by atoms with Crippen LogP contribution < -0.4 is 0 Å². The average molecular weight is 388 g/mol. The predicted molar refractivity (Wildman–Crippen MR) is 108 cm³/mol. The monoisotopic (exact) mass is 388 g/mol. The van der Waals surface area contributed by atoms with E-state index in [4.69, 9.17) is 4.74 Å². The maximum absolute atomic E-state index is 14.5. The first-order valence-electron chi connectivity index (χ1n) is 9.71. The predicted octanol–water partition coefficient (Wildman–Crippen LogP) is 6.32. The Morgan fingerprint density at radius 3 is 1.79 bits per heavy atom. The maximum Gasteiger partial charge on any atom is 0.316 e. The largest absolute Gasteiger partial charge is 0.458 e. The third kappa shape index (κ3) is 3.96. The molecule has 0 aliphatic carbocycles. The summed E-state index contributed by atoms with van der Waals surface area (Å²) in [6.07, 6.45) is 1.14. The average Bonchev–Trinajstić information content (AvgIpc) is 2.61. The van der Waals surface area contributed by atoms with Gasteiger partial charge in [-0.3, -0.25) is 4.79 Å².